The molecule has 1 fully saturated rings. The fourth-order valence-corrected chi connectivity index (χ4v) is 7.86. The van der Waals surface area contributed by atoms with E-state index in [0.29, 0.717) is 22.7 Å². The third-order valence-electron chi connectivity index (χ3n) is 8.77. The summed E-state index contributed by atoms with van der Waals surface area (Å²) >= 11 is 6.62. The molecule has 4 aromatic carbocycles. The lowest BCUT2D eigenvalue weighted by Crippen LogP contribution is -2.55. The van der Waals surface area contributed by atoms with Crippen LogP contribution in [0.25, 0.3) is 0 Å². The highest BCUT2D eigenvalue weighted by molar-refractivity contribution is 7.92. The van der Waals surface area contributed by atoms with Crippen molar-refractivity contribution in [2.24, 2.45) is 0 Å². The zero-order valence-electron chi connectivity index (χ0n) is 26.7. The molecule has 0 aliphatic heterocycles. The Morgan fingerprint density at radius 1 is 0.809 bits per heavy atom. The fourth-order valence-electron chi connectivity index (χ4n) is 6.19. The molecular weight excluding hydrogens is 630 g/mol. The van der Waals surface area contributed by atoms with E-state index in [1.807, 2.05) is 67.6 Å². The number of nitrogens with zero attached hydrogens (tertiary/aromatic N) is 2. The Kier molecular flexibility index (Phi) is 11.7. The number of amides is 2. The van der Waals surface area contributed by atoms with Gasteiger partial charge in [-0.3, -0.25) is 13.9 Å². The summed E-state index contributed by atoms with van der Waals surface area (Å²) < 4.78 is 29.7. The zero-order valence-corrected chi connectivity index (χ0v) is 28.3. The second-order valence-electron chi connectivity index (χ2n) is 12.0. The Morgan fingerprint density at radius 2 is 1.40 bits per heavy atom. The van der Waals surface area contributed by atoms with Crippen LogP contribution in [-0.4, -0.2) is 43.8 Å². The van der Waals surface area contributed by atoms with Crippen LogP contribution in [0.5, 0.6) is 0 Å². The van der Waals surface area contributed by atoms with Crippen LogP contribution >= 0.6 is 11.6 Å². The van der Waals surface area contributed by atoms with Gasteiger partial charge < -0.3 is 10.2 Å². The van der Waals surface area contributed by atoms with Gasteiger partial charge >= 0.3 is 0 Å². The van der Waals surface area contributed by atoms with E-state index in [0.717, 1.165) is 43.2 Å². The third kappa shape index (κ3) is 8.62. The standard InChI is InChI=1S/C38H42ClN3O4S/c1-2-30-18-13-15-25-35(30)42(47(45,46)33-22-10-5-11-23-33)28-37(43)41(27-31-19-12-14-24-34(31)39)36(26-29-16-6-3-7-17-29)38(44)40-32-20-8-4-9-21-32/h3,5-7,10-19,22-25,32,36H,2,4,8-9,20-21,26-28H2,1H3,(H,40,44). The lowest BCUT2D eigenvalue weighted by molar-refractivity contribution is -0.140. The van der Waals surface area contributed by atoms with Gasteiger partial charge in [0.2, 0.25) is 11.8 Å². The summed E-state index contributed by atoms with van der Waals surface area (Å²) in [4.78, 5) is 30.6. The van der Waals surface area contributed by atoms with Gasteiger partial charge in [-0.2, -0.15) is 0 Å². The van der Waals surface area contributed by atoms with Crippen molar-refractivity contribution in [1.29, 1.82) is 0 Å². The lowest BCUT2D eigenvalue weighted by Gasteiger charge is -2.35. The first kappa shape index (κ1) is 34.2. The largest absolute Gasteiger partial charge is 0.352 e. The third-order valence-corrected chi connectivity index (χ3v) is 10.9. The van der Waals surface area contributed by atoms with Gasteiger partial charge in [-0.25, -0.2) is 8.42 Å². The highest BCUT2D eigenvalue weighted by Crippen LogP contribution is 2.29. The molecule has 9 heteroatoms. The van der Waals surface area contributed by atoms with Crippen molar-refractivity contribution in [2.75, 3.05) is 10.8 Å². The summed E-state index contributed by atoms with van der Waals surface area (Å²) in [5.41, 5.74) is 2.76. The molecule has 7 nitrogen and oxygen atoms in total. The number of rotatable bonds is 13. The predicted octanol–water partition coefficient (Wildman–Crippen LogP) is 7.19. The van der Waals surface area contributed by atoms with E-state index in [4.69, 9.17) is 11.6 Å². The Labute approximate surface area is 283 Å². The average Bonchev–Trinajstić information content (AvgIpc) is 3.10. The number of hydrogen-bond donors (Lipinski definition) is 1. The Bertz CT molecular complexity index is 1750. The van der Waals surface area contributed by atoms with Gasteiger partial charge in [0.15, 0.2) is 0 Å². The molecule has 0 spiro atoms. The van der Waals surface area contributed by atoms with Crippen LogP contribution < -0.4 is 9.62 Å². The molecule has 0 aromatic heterocycles. The number of sulfonamides is 1. The van der Waals surface area contributed by atoms with Gasteiger partial charge in [0, 0.05) is 24.0 Å². The van der Waals surface area contributed by atoms with E-state index < -0.39 is 28.5 Å². The van der Waals surface area contributed by atoms with Gasteiger partial charge in [0.25, 0.3) is 10.0 Å². The molecule has 1 aliphatic carbocycles. The van der Waals surface area contributed by atoms with Crippen LogP contribution in [0, 0.1) is 0 Å². The van der Waals surface area contributed by atoms with Crippen molar-refractivity contribution in [2.45, 2.75) is 75.4 Å². The maximum Gasteiger partial charge on any atom is 0.264 e. The van der Waals surface area contributed by atoms with Crippen LogP contribution in [0.1, 0.15) is 55.7 Å². The fraction of sp³-hybridized carbons (Fsp3) is 0.316. The van der Waals surface area contributed by atoms with Crippen LogP contribution in [0.2, 0.25) is 5.02 Å². The van der Waals surface area contributed by atoms with Gasteiger partial charge in [-0.1, -0.05) is 123 Å². The number of para-hydroxylation sites is 1. The first-order valence-electron chi connectivity index (χ1n) is 16.3. The average molecular weight is 672 g/mol. The van der Waals surface area contributed by atoms with E-state index in [1.54, 1.807) is 36.4 Å². The molecule has 2 amide bonds. The van der Waals surface area contributed by atoms with Crippen molar-refractivity contribution in [1.82, 2.24) is 10.2 Å². The SMILES string of the molecule is CCc1ccccc1N(CC(=O)N(Cc1ccccc1Cl)C(Cc1ccccc1)C(=O)NC1CCCCC1)S(=O)(=O)c1ccccc1. The summed E-state index contributed by atoms with van der Waals surface area (Å²) in [6.45, 7) is 1.48. The van der Waals surface area contributed by atoms with Gasteiger partial charge in [-0.05, 0) is 60.2 Å². The van der Waals surface area contributed by atoms with Crippen molar-refractivity contribution >= 4 is 39.1 Å². The van der Waals surface area contributed by atoms with E-state index in [1.165, 1.54) is 21.3 Å². The first-order valence-corrected chi connectivity index (χ1v) is 18.1. The zero-order chi connectivity index (χ0) is 33.2. The normalized spacial score (nSPS) is 14.3. The number of carbonyl (C=O) groups is 2. The van der Waals surface area contributed by atoms with E-state index >= 15 is 0 Å². The van der Waals surface area contributed by atoms with E-state index in [2.05, 4.69) is 5.32 Å². The van der Waals surface area contributed by atoms with E-state index in [-0.39, 0.29) is 29.8 Å². The molecule has 246 valence electrons. The molecule has 0 heterocycles. The smallest absolute Gasteiger partial charge is 0.264 e. The molecule has 1 aliphatic rings. The number of benzene rings is 4. The van der Waals surface area contributed by atoms with Crippen molar-refractivity contribution < 1.29 is 18.0 Å². The second kappa shape index (κ2) is 16.1. The minimum Gasteiger partial charge on any atom is -0.352 e. The first-order chi connectivity index (χ1) is 22.8. The molecule has 1 atom stereocenters. The van der Waals surface area contributed by atoms with Crippen LogP contribution in [0.4, 0.5) is 5.69 Å². The van der Waals surface area contributed by atoms with Gasteiger partial charge in [0.1, 0.15) is 12.6 Å². The molecule has 5 rings (SSSR count). The Balaban J connectivity index is 1.58. The predicted molar refractivity (Wildman–Crippen MR) is 188 cm³/mol. The molecule has 4 aromatic rings. The van der Waals surface area contributed by atoms with Crippen molar-refractivity contribution in [3.8, 4) is 0 Å². The molecular formula is C38H42ClN3O4S. The number of nitrogens with one attached hydrogen (secondary N) is 1. The Hall–Kier alpha value is -4.14. The van der Waals surface area contributed by atoms with Crippen molar-refractivity contribution in [3.05, 3.63) is 131 Å². The maximum absolute atomic E-state index is 14.7. The lowest BCUT2D eigenvalue weighted by atomic mass is 9.94. The molecule has 1 saturated carbocycles. The van der Waals surface area contributed by atoms with Crippen LogP contribution in [0.3, 0.4) is 0 Å². The summed E-state index contributed by atoms with van der Waals surface area (Å²) in [5, 5.41) is 3.70. The Morgan fingerprint density at radius 3 is 2.06 bits per heavy atom. The van der Waals surface area contributed by atoms with Crippen LogP contribution in [-0.2, 0) is 39.0 Å². The quantitative estimate of drug-likeness (QED) is 0.163. The number of halogens is 1. The summed E-state index contributed by atoms with van der Waals surface area (Å²) in [7, 11) is -4.16. The number of carbonyl (C=O) groups excluding carboxylic acids is 2. The molecule has 0 radical (unpaired) electrons. The maximum atomic E-state index is 14.7. The van der Waals surface area contributed by atoms with E-state index in [9.17, 15) is 18.0 Å². The molecule has 47 heavy (non-hydrogen) atoms. The molecule has 1 N–H and O–H groups in total. The van der Waals surface area contributed by atoms with Gasteiger partial charge in [-0.15, -0.1) is 0 Å². The minimum atomic E-state index is -4.16. The molecule has 0 saturated heterocycles. The van der Waals surface area contributed by atoms with Crippen LogP contribution in [0.15, 0.2) is 114 Å². The summed E-state index contributed by atoms with van der Waals surface area (Å²) in [6, 6.07) is 31.3. The minimum absolute atomic E-state index is 0.0261. The summed E-state index contributed by atoms with van der Waals surface area (Å²) in [6.07, 6.45) is 5.82. The molecule has 0 bridgehead atoms. The summed E-state index contributed by atoms with van der Waals surface area (Å²) in [5.74, 6) is -0.761. The molecule has 1 unspecified atom stereocenters. The second-order valence-corrected chi connectivity index (χ2v) is 14.2. The monoisotopic (exact) mass is 671 g/mol. The van der Waals surface area contributed by atoms with Crippen molar-refractivity contribution in [3.63, 3.8) is 0 Å². The highest BCUT2D eigenvalue weighted by Gasteiger charge is 2.36. The topological polar surface area (TPSA) is 86.8 Å². The number of anilines is 1. The highest BCUT2D eigenvalue weighted by atomic mass is 35.5. The number of aryl methyl sites for hydroxylation is 1. The number of hydrogen-bond acceptors (Lipinski definition) is 4. The van der Waals surface area contributed by atoms with Gasteiger partial charge in [0.05, 0.1) is 10.6 Å².